The fourth-order valence-electron chi connectivity index (χ4n) is 16.1. The van der Waals surface area contributed by atoms with Gasteiger partial charge >= 0.3 is 6.18 Å². The summed E-state index contributed by atoms with van der Waals surface area (Å²) < 4.78 is 87.1. The van der Waals surface area contributed by atoms with Gasteiger partial charge in [-0.05, 0) is 167 Å². The first-order valence-electron chi connectivity index (χ1n) is 46.1. The number of benzene rings is 9. The maximum atomic E-state index is 13.4. The third-order valence-corrected chi connectivity index (χ3v) is 23.9. The summed E-state index contributed by atoms with van der Waals surface area (Å²) >= 11 is 0. The van der Waals surface area contributed by atoms with Crippen molar-refractivity contribution in [3.8, 4) is 97.1 Å². The van der Waals surface area contributed by atoms with Crippen molar-refractivity contribution >= 4 is 95.3 Å². The zero-order valence-electron chi connectivity index (χ0n) is 81.9. The molecule has 1 unspecified atom stereocenters. The predicted octanol–water partition coefficient (Wildman–Crippen LogP) is 17.8. The van der Waals surface area contributed by atoms with Crippen molar-refractivity contribution in [1.29, 1.82) is 0 Å². The summed E-state index contributed by atoms with van der Waals surface area (Å²) in [6, 6.07) is 52.4. The van der Waals surface area contributed by atoms with Gasteiger partial charge in [0.2, 0.25) is 0 Å². The number of rotatable bonds is 32. The van der Waals surface area contributed by atoms with E-state index in [2.05, 4.69) is 132 Å². The van der Waals surface area contributed by atoms with E-state index in [1.807, 2.05) is 197 Å². The molecule has 1 fully saturated rings. The number of aliphatic hydroxyl groups excluding tert-OH is 1. The number of methoxy groups -OCH3 is 7. The fraction of sp³-hybridized carbons (Fsp3) is 0.264. The minimum absolute atomic E-state index is 0.156. The minimum atomic E-state index is -4.90. The number of nitrogen functional groups attached to an aromatic ring is 1. The van der Waals surface area contributed by atoms with Crippen molar-refractivity contribution in [2.24, 2.45) is 39.8 Å². The smallest absolute Gasteiger partial charge is 0.418 e. The fourth-order valence-corrected chi connectivity index (χ4v) is 16.1. The standard InChI is InChI=1S/C29H26N6O2.C27H32N6O.C25H27F3N6O3.C25H26N8O2/c1-34-19-21(17-32-34)29-18-31-27-11-10-23(15-28(27)33-29)35(12-4-5-20-6-8-22(30)9-7-20)24-13-25(36-2)16-26(14-24)37-3;1-5-31(2)16-20-10-23(12-24(11-20)34-4)33(17-19-6-7-19)22-8-9-25-26(13-22)30-27(15-28-25)21-14-29-32(3)18-21;1-33-14-15(12-31-33)20-13-30-18-6-5-16(9-19(18)32-20)34(8-4-7-29)17-10-21(36-2)23(22(11-17)37-3)24(35)25(26,27)28;1-17-27-16-32(30-17)7-8-33(20-9-21(34-3)12-22(10-20)35-4)19-5-6-23-24(11-19)29-25(14-26-23)18-13-28-31(2)15-18/h6-11,13-19H,12,30H2,1-3H3;8-15,18-19H,5-7,16-17H2,1-4H3;5-6,9-14,24,35H,4,7-8,29H2,1-3H3;5-6,9-16H,7-8H2,1-4H3. The monoisotopic (exact) mass is 1930 g/mol. The van der Waals surface area contributed by atoms with Gasteiger partial charge in [-0.1, -0.05) is 18.8 Å². The van der Waals surface area contributed by atoms with Gasteiger partial charge in [-0.15, -0.1) is 0 Å². The van der Waals surface area contributed by atoms with Crippen LogP contribution in [0, 0.1) is 24.7 Å². The lowest BCUT2D eigenvalue weighted by Gasteiger charge is -2.28. The van der Waals surface area contributed by atoms with E-state index in [-0.39, 0.29) is 11.5 Å². The maximum absolute atomic E-state index is 13.4. The van der Waals surface area contributed by atoms with E-state index in [9.17, 15) is 18.3 Å². The molecule has 0 spiro atoms. The van der Waals surface area contributed by atoms with E-state index in [0.29, 0.717) is 95.9 Å². The molecule has 1 saturated carbocycles. The van der Waals surface area contributed by atoms with E-state index in [1.54, 1.807) is 97.8 Å². The van der Waals surface area contributed by atoms with Gasteiger partial charge in [-0.3, -0.25) is 43.3 Å². The zero-order chi connectivity index (χ0) is 101. The lowest BCUT2D eigenvalue weighted by Crippen LogP contribution is -2.23. The third-order valence-electron chi connectivity index (χ3n) is 23.9. The number of ether oxygens (including phenoxy) is 7. The van der Waals surface area contributed by atoms with Gasteiger partial charge in [-0.2, -0.15) is 38.7 Å². The largest absolute Gasteiger partial charge is 0.497 e. The summed E-state index contributed by atoms with van der Waals surface area (Å²) in [6.07, 6.45) is 19.0. The zero-order valence-corrected chi connectivity index (χ0v) is 81.9. The molecule has 9 aromatic heterocycles. The number of aliphatic hydroxyl groups is 1. The summed E-state index contributed by atoms with van der Waals surface area (Å²) in [5.41, 5.74) is 34.0. The first kappa shape index (κ1) is 99.2. The van der Waals surface area contributed by atoms with Crippen LogP contribution < -0.4 is 64.2 Å². The van der Waals surface area contributed by atoms with Gasteiger partial charge in [0.05, 0.1) is 185 Å². The van der Waals surface area contributed by atoms with Crippen LogP contribution in [0.5, 0.6) is 40.2 Å². The molecule has 9 heterocycles. The molecule has 734 valence electrons. The van der Waals surface area contributed by atoms with E-state index in [4.69, 9.17) is 64.6 Å². The third kappa shape index (κ3) is 24.5. The molecular formula is C106H111F3N26O8. The van der Waals surface area contributed by atoms with Crippen molar-refractivity contribution in [2.75, 3.05) is 121 Å². The molecule has 5 N–H and O–H groups in total. The van der Waals surface area contributed by atoms with Gasteiger partial charge in [0.15, 0.2) is 6.10 Å². The molecule has 18 aromatic rings. The molecule has 0 radical (unpaired) electrons. The van der Waals surface area contributed by atoms with Gasteiger partial charge in [0, 0.05) is 213 Å². The number of aryl methyl sites for hydroxylation is 5. The Bertz CT molecular complexity index is 7470. The number of aromatic nitrogens is 19. The highest BCUT2D eigenvalue weighted by Crippen LogP contribution is 2.47. The van der Waals surface area contributed by atoms with Gasteiger partial charge in [-0.25, -0.2) is 24.9 Å². The molecular weight excluding hydrogens is 1820 g/mol. The number of alkyl halides is 3. The Hall–Kier alpha value is -16.9. The Morgan fingerprint density at radius 1 is 0.448 bits per heavy atom. The second-order valence-electron chi connectivity index (χ2n) is 34.1. The van der Waals surface area contributed by atoms with Crippen molar-refractivity contribution in [1.82, 2.24) is 98.7 Å². The topological polar surface area (TPSA) is 358 Å². The number of hydrogen-bond acceptors (Lipinski definition) is 29. The van der Waals surface area contributed by atoms with Crippen molar-refractivity contribution in [2.45, 2.75) is 58.5 Å². The first-order valence-corrected chi connectivity index (χ1v) is 46.1. The van der Waals surface area contributed by atoms with E-state index >= 15 is 0 Å². The Kier molecular flexibility index (Phi) is 31.2. The molecule has 37 heteroatoms. The number of nitrogens with two attached hydrogens (primary N) is 2. The molecule has 19 rings (SSSR count). The van der Waals surface area contributed by atoms with Gasteiger partial charge in [0.25, 0.3) is 0 Å². The van der Waals surface area contributed by atoms with Crippen LogP contribution in [0.4, 0.5) is 64.4 Å². The van der Waals surface area contributed by atoms with Crippen LogP contribution in [0.15, 0.2) is 244 Å². The maximum Gasteiger partial charge on any atom is 0.418 e. The summed E-state index contributed by atoms with van der Waals surface area (Å²) in [6.45, 7) is 9.47. The van der Waals surface area contributed by atoms with Crippen LogP contribution in [0.2, 0.25) is 0 Å². The minimum Gasteiger partial charge on any atom is -0.497 e. The summed E-state index contributed by atoms with van der Waals surface area (Å²) in [4.78, 5) is 52.8. The average Bonchev–Trinajstić information content (AvgIpc) is 0.818. The number of halogens is 3. The highest BCUT2D eigenvalue weighted by Gasteiger charge is 2.43. The Labute approximate surface area is 824 Å². The molecule has 34 nitrogen and oxygen atoms in total. The molecule has 0 bridgehead atoms. The lowest BCUT2D eigenvalue weighted by atomic mass is 10.0. The second-order valence-corrected chi connectivity index (χ2v) is 34.1. The predicted molar refractivity (Wildman–Crippen MR) is 549 cm³/mol. The number of anilines is 9. The molecule has 0 saturated heterocycles. The van der Waals surface area contributed by atoms with Crippen LogP contribution in [-0.4, -0.2) is 206 Å². The summed E-state index contributed by atoms with van der Waals surface area (Å²) in [5, 5.41) is 31.4. The van der Waals surface area contributed by atoms with Crippen LogP contribution >= 0.6 is 0 Å². The lowest BCUT2D eigenvalue weighted by molar-refractivity contribution is -0.207. The molecule has 1 aliphatic carbocycles. The van der Waals surface area contributed by atoms with E-state index in [1.165, 1.54) is 44.8 Å². The molecule has 9 aromatic carbocycles. The quantitative estimate of drug-likeness (QED) is 0.0260. The van der Waals surface area contributed by atoms with Crippen molar-refractivity contribution in [3.63, 3.8) is 0 Å². The molecule has 143 heavy (non-hydrogen) atoms. The van der Waals surface area contributed by atoms with Crippen molar-refractivity contribution < 1.29 is 51.4 Å². The summed E-state index contributed by atoms with van der Waals surface area (Å²) in [7, 11) is 20.4. The number of hydrogen-bond donors (Lipinski definition) is 3. The van der Waals surface area contributed by atoms with Gasteiger partial charge < -0.3 is 74.2 Å². The van der Waals surface area contributed by atoms with Gasteiger partial charge in [0.1, 0.15) is 52.4 Å². The molecule has 1 atom stereocenters. The highest BCUT2D eigenvalue weighted by molar-refractivity contribution is 5.88. The Morgan fingerprint density at radius 2 is 0.832 bits per heavy atom. The second kappa shape index (κ2) is 45.0. The van der Waals surface area contributed by atoms with Crippen molar-refractivity contribution in [3.05, 3.63) is 267 Å². The van der Waals surface area contributed by atoms with Crippen LogP contribution in [0.1, 0.15) is 54.8 Å². The Balaban J connectivity index is 0.000000137. The summed E-state index contributed by atoms with van der Waals surface area (Å²) in [5.74, 6) is 11.3. The van der Waals surface area contributed by atoms with Crippen LogP contribution in [0.3, 0.4) is 0 Å². The average molecular weight is 1930 g/mol. The normalized spacial score (nSPS) is 11.9. The number of fused-ring (bicyclic) bond motifs is 4. The van der Waals surface area contributed by atoms with E-state index in [0.717, 1.165) is 149 Å². The van der Waals surface area contributed by atoms with E-state index < -0.39 is 17.8 Å². The Morgan fingerprint density at radius 3 is 1.20 bits per heavy atom. The molecule has 1 aliphatic rings. The molecule has 0 amide bonds. The highest BCUT2D eigenvalue weighted by atomic mass is 19.4. The van der Waals surface area contributed by atoms with Crippen LogP contribution in [0.25, 0.3) is 89.2 Å². The SMILES string of the molecule is CCN(C)Cc1cc(OC)cc(N(CC2CC2)c2ccc3ncc(-c4cnn(C)c4)nc3c2)c1.COc1cc(N(CCCN)c2ccc3ncc(-c4cnn(C)c4)nc3c2)cc(OC)c1C(O)C(F)(F)F.COc1cc(OC)cc(N(CC#Cc2ccc(N)cc2)c2ccc3ncc(-c4cnn(C)c4)nc3c2)c1.COc1cc(OC)cc(N(CCn2cnc(C)n2)c2ccc3ncc(-c4cnn(C)c4)nc3c2)c1. The van der Waals surface area contributed by atoms with Crippen LogP contribution in [-0.2, 0) is 41.3 Å². The number of nitrogens with zero attached hydrogens (tertiary/aromatic N) is 24. The first-order chi connectivity index (χ1) is 69.2. The molecule has 0 aliphatic heterocycles.